The van der Waals surface area contributed by atoms with E-state index in [-0.39, 0.29) is 54.6 Å². The van der Waals surface area contributed by atoms with Crippen molar-refractivity contribution in [2.45, 2.75) is 0 Å². The van der Waals surface area contributed by atoms with Gasteiger partial charge in [-0.1, -0.05) is 6.58 Å². The number of carbonyl (C=O) groups is 1. The molecule has 0 aromatic carbocycles. The molecule has 0 rings (SSSR count). The Bertz CT molecular complexity index is 78.9. The van der Waals surface area contributed by atoms with E-state index in [1.807, 2.05) is 0 Å². The van der Waals surface area contributed by atoms with Crippen LogP contribution in [0.25, 0.3) is 0 Å². The number of rotatable bonds is 1. The number of esters is 1. The third-order valence-electron chi connectivity index (χ3n) is 0.368. The van der Waals surface area contributed by atoms with Crippen LogP contribution in [-0.4, -0.2) is 13.1 Å². The largest absolute Gasteiger partial charge is 3.00 e. The van der Waals surface area contributed by atoms with E-state index in [1.54, 1.807) is 0 Å². The zero-order valence-electron chi connectivity index (χ0n) is 5.14. The Balaban J connectivity index is -0.0000000208. The summed E-state index contributed by atoms with van der Waals surface area (Å²) < 4.78 is 4.14. The molecule has 6 heteroatoms. The van der Waals surface area contributed by atoms with Crippen LogP contribution in [0.15, 0.2) is 12.7 Å². The van der Waals surface area contributed by atoms with Gasteiger partial charge in [0.2, 0.25) is 0 Å². The van der Waals surface area contributed by atoms with Gasteiger partial charge in [0, 0.05) is 6.08 Å². The minimum atomic E-state index is -0.394. The molecule has 0 heterocycles. The number of methoxy groups -OCH3 is 1. The van der Waals surface area contributed by atoms with E-state index in [9.17, 15) is 4.79 Å². The Morgan fingerprint density at radius 3 is 1.70 bits per heavy atom. The van der Waals surface area contributed by atoms with Crippen molar-refractivity contribution in [2.24, 2.45) is 0 Å². The zero-order chi connectivity index (χ0) is 4.99. The van der Waals surface area contributed by atoms with Crippen molar-refractivity contribution in [3.63, 3.8) is 0 Å². The van der Waals surface area contributed by atoms with Gasteiger partial charge < -0.3 is 42.0 Å². The number of hydrogen-bond acceptors (Lipinski definition) is 2. The molecule has 0 aliphatic heterocycles. The monoisotopic (exact) mass is 243 g/mol. The van der Waals surface area contributed by atoms with Gasteiger partial charge in [0.1, 0.15) is 0 Å². The van der Waals surface area contributed by atoms with Gasteiger partial charge in [-0.2, -0.15) is 0 Å². The third-order valence-corrected chi connectivity index (χ3v) is 0.368. The van der Waals surface area contributed by atoms with Gasteiger partial charge in [0.25, 0.3) is 0 Å². The van der Waals surface area contributed by atoms with Crippen molar-refractivity contribution in [3.05, 3.63) is 12.7 Å². The minimum Gasteiger partial charge on any atom is -1.00 e. The van der Waals surface area contributed by atoms with E-state index in [1.165, 1.54) is 7.11 Å². The van der Waals surface area contributed by atoms with E-state index in [0.717, 1.165) is 6.08 Å². The predicted molar refractivity (Wildman–Crippen MR) is 22.2 cm³/mol. The van der Waals surface area contributed by atoms with Crippen molar-refractivity contribution < 1.29 is 64.1 Å². The van der Waals surface area contributed by atoms with Crippen LogP contribution in [0.1, 0.15) is 0 Å². The molecule has 0 bridgehead atoms. The van der Waals surface area contributed by atoms with E-state index < -0.39 is 5.97 Å². The molecule has 0 aliphatic rings. The molecule has 0 amide bonds. The van der Waals surface area contributed by atoms with Crippen LogP contribution < -0.4 is 37.2 Å². The fraction of sp³-hybridized carbons (Fsp3) is 0.250. The van der Waals surface area contributed by atoms with Crippen LogP contribution >= 0.6 is 0 Å². The molecule has 10 heavy (non-hydrogen) atoms. The molecule has 0 aromatic rings. The van der Waals surface area contributed by atoms with Crippen LogP contribution in [0.5, 0.6) is 0 Å². The molecule has 0 atom stereocenters. The summed E-state index contributed by atoms with van der Waals surface area (Å²) in [7, 11) is 1.31. The smallest absolute Gasteiger partial charge is 1.00 e. The summed E-state index contributed by atoms with van der Waals surface area (Å²) in [4.78, 5) is 9.84. The van der Waals surface area contributed by atoms with Crippen LogP contribution in [0.3, 0.4) is 0 Å². The Morgan fingerprint density at radius 1 is 1.40 bits per heavy atom. The van der Waals surface area contributed by atoms with E-state index in [0.29, 0.717) is 0 Å². The number of halogens is 3. The SMILES string of the molecule is C=CC(=O)OC.[Cl-].[Cl-].[Cl-].[Cr+3]. The molecule has 61 valence electrons. The quantitative estimate of drug-likeness (QED) is 0.338. The Morgan fingerprint density at radius 2 is 1.70 bits per heavy atom. The molecule has 0 aliphatic carbocycles. The zero-order valence-corrected chi connectivity index (χ0v) is 8.69. The van der Waals surface area contributed by atoms with E-state index >= 15 is 0 Å². The summed E-state index contributed by atoms with van der Waals surface area (Å²) >= 11 is 0. The van der Waals surface area contributed by atoms with E-state index in [2.05, 4.69) is 11.3 Å². The standard InChI is InChI=1S/C4H6O2.3ClH.Cr/c1-3-4(5)6-2;;;;/h3H,1H2,2H3;3*1H;/q;;;;+3/p-3. The molecular formula is C4H6Cl3CrO2. The normalized spacial score (nSPS) is 4.10. The second-order valence-corrected chi connectivity index (χ2v) is 0.727. The van der Waals surface area contributed by atoms with Gasteiger partial charge in [0.05, 0.1) is 7.11 Å². The number of carbonyl (C=O) groups excluding carboxylic acids is 1. The number of hydrogen-bond donors (Lipinski definition) is 0. The summed E-state index contributed by atoms with van der Waals surface area (Å²) in [6.07, 6.45) is 1.11. The summed E-state index contributed by atoms with van der Waals surface area (Å²) in [5.74, 6) is -0.394. The average molecular weight is 244 g/mol. The van der Waals surface area contributed by atoms with Crippen LogP contribution in [-0.2, 0) is 26.9 Å². The first-order valence-corrected chi connectivity index (χ1v) is 1.51. The minimum absolute atomic E-state index is 0. The van der Waals surface area contributed by atoms with Crippen LogP contribution in [0, 0.1) is 0 Å². The molecule has 0 unspecified atom stereocenters. The molecule has 0 saturated carbocycles. The third kappa shape index (κ3) is 23.5. The summed E-state index contributed by atoms with van der Waals surface area (Å²) in [6.45, 7) is 3.16. The number of ether oxygens (including phenoxy) is 1. The molecule has 2 nitrogen and oxygen atoms in total. The Labute approximate surface area is 89.8 Å². The molecular weight excluding hydrogens is 238 g/mol. The molecule has 0 fully saturated rings. The molecule has 0 aromatic heterocycles. The van der Waals surface area contributed by atoms with Gasteiger partial charge >= 0.3 is 23.3 Å². The average Bonchev–Trinajstić information content (AvgIpc) is 1.65. The van der Waals surface area contributed by atoms with Crippen LogP contribution in [0.2, 0.25) is 0 Å². The molecule has 0 saturated heterocycles. The predicted octanol–water partition coefficient (Wildman–Crippen LogP) is -8.65. The van der Waals surface area contributed by atoms with Crippen molar-refractivity contribution >= 4 is 5.97 Å². The van der Waals surface area contributed by atoms with Gasteiger partial charge in [-0.3, -0.25) is 0 Å². The summed E-state index contributed by atoms with van der Waals surface area (Å²) in [6, 6.07) is 0. The molecule has 0 spiro atoms. The fourth-order valence-corrected chi connectivity index (χ4v) is 0.0833. The van der Waals surface area contributed by atoms with Gasteiger partial charge in [-0.15, -0.1) is 0 Å². The first kappa shape index (κ1) is 31.1. The van der Waals surface area contributed by atoms with Gasteiger partial charge in [0.15, 0.2) is 0 Å². The molecule has 1 radical (unpaired) electrons. The maximum Gasteiger partial charge on any atom is 3.00 e. The first-order valence-electron chi connectivity index (χ1n) is 1.51. The molecule has 0 N–H and O–H groups in total. The fourth-order valence-electron chi connectivity index (χ4n) is 0.0833. The van der Waals surface area contributed by atoms with Gasteiger partial charge in [-0.25, -0.2) is 4.79 Å². The van der Waals surface area contributed by atoms with Gasteiger partial charge in [-0.05, 0) is 0 Å². The maximum absolute atomic E-state index is 9.84. The van der Waals surface area contributed by atoms with Crippen molar-refractivity contribution in [2.75, 3.05) is 7.11 Å². The Kier molecular flexibility index (Phi) is 70.5. The van der Waals surface area contributed by atoms with Crippen molar-refractivity contribution in [3.8, 4) is 0 Å². The maximum atomic E-state index is 9.84. The Hall–Kier alpha value is 0.612. The second kappa shape index (κ2) is 22.6. The van der Waals surface area contributed by atoms with Crippen molar-refractivity contribution in [1.29, 1.82) is 0 Å². The summed E-state index contributed by atoms with van der Waals surface area (Å²) in [5.41, 5.74) is 0. The first-order chi connectivity index (χ1) is 2.81. The van der Waals surface area contributed by atoms with Crippen LogP contribution in [0.4, 0.5) is 0 Å². The van der Waals surface area contributed by atoms with Crippen molar-refractivity contribution in [1.82, 2.24) is 0 Å². The van der Waals surface area contributed by atoms with E-state index in [4.69, 9.17) is 0 Å². The second-order valence-electron chi connectivity index (χ2n) is 0.727. The summed E-state index contributed by atoms with van der Waals surface area (Å²) in [5, 5.41) is 0. The topological polar surface area (TPSA) is 26.3 Å².